The van der Waals surface area contributed by atoms with Crippen LogP contribution >= 0.6 is 23.2 Å². The van der Waals surface area contributed by atoms with E-state index >= 15 is 0 Å². The summed E-state index contributed by atoms with van der Waals surface area (Å²) in [7, 11) is -3.71. The normalized spacial score (nSPS) is 14.6. The molecule has 202 valence electrons. The van der Waals surface area contributed by atoms with Gasteiger partial charge in [-0.05, 0) is 61.9 Å². The topological polar surface area (TPSA) is 86.8 Å². The van der Waals surface area contributed by atoms with E-state index in [1.165, 1.54) is 9.21 Å². The summed E-state index contributed by atoms with van der Waals surface area (Å²) >= 11 is 12.4. The number of benzene rings is 3. The number of carbonyl (C=O) groups excluding carboxylic acids is 2. The Bertz CT molecular complexity index is 1470. The van der Waals surface area contributed by atoms with E-state index in [1.807, 2.05) is 39.0 Å². The summed E-state index contributed by atoms with van der Waals surface area (Å²) in [5.74, 6) is -0.501. The van der Waals surface area contributed by atoms with Crippen LogP contribution < -0.4 is 9.62 Å². The van der Waals surface area contributed by atoms with Gasteiger partial charge in [-0.3, -0.25) is 13.9 Å². The second-order valence-electron chi connectivity index (χ2n) is 9.66. The van der Waals surface area contributed by atoms with E-state index < -0.39 is 16.1 Å². The zero-order valence-corrected chi connectivity index (χ0v) is 23.9. The Morgan fingerprint density at radius 1 is 1.05 bits per heavy atom. The highest BCUT2D eigenvalue weighted by Crippen LogP contribution is 2.42. The second kappa shape index (κ2) is 11.5. The van der Waals surface area contributed by atoms with Gasteiger partial charge < -0.3 is 10.2 Å². The van der Waals surface area contributed by atoms with Crippen molar-refractivity contribution in [2.24, 2.45) is 0 Å². The summed E-state index contributed by atoms with van der Waals surface area (Å²) < 4.78 is 27.9. The first-order valence-electron chi connectivity index (χ1n) is 12.6. The Morgan fingerprint density at radius 3 is 2.42 bits per heavy atom. The van der Waals surface area contributed by atoms with E-state index in [0.717, 1.165) is 5.39 Å². The number of nitrogens with one attached hydrogen (secondary N) is 1. The third kappa shape index (κ3) is 5.63. The van der Waals surface area contributed by atoms with E-state index in [0.29, 0.717) is 33.1 Å². The minimum atomic E-state index is -3.71. The molecule has 4 rings (SSSR count). The van der Waals surface area contributed by atoms with Crippen LogP contribution in [0.1, 0.15) is 45.6 Å². The Labute approximate surface area is 233 Å². The van der Waals surface area contributed by atoms with E-state index in [-0.39, 0.29) is 48.7 Å². The molecule has 0 aromatic heterocycles. The molecule has 0 spiro atoms. The SMILES string of the molecule is CC[C@H](C(=O)NC(C)C)N(Cc1ccc(Cl)cc1Cl)C(=O)CCCN1c2cccc3cccc(c23)S1(=O)=O. The van der Waals surface area contributed by atoms with Gasteiger partial charge in [-0.2, -0.15) is 0 Å². The summed E-state index contributed by atoms with van der Waals surface area (Å²) in [6, 6.07) is 15.0. The van der Waals surface area contributed by atoms with Crippen LogP contribution in [-0.2, 0) is 26.2 Å². The molecule has 1 aliphatic rings. The van der Waals surface area contributed by atoms with E-state index in [2.05, 4.69) is 5.32 Å². The monoisotopic (exact) mass is 575 g/mol. The highest BCUT2D eigenvalue weighted by Gasteiger charge is 2.35. The van der Waals surface area contributed by atoms with Crippen molar-refractivity contribution in [3.8, 4) is 0 Å². The van der Waals surface area contributed by atoms with Crippen molar-refractivity contribution in [1.29, 1.82) is 0 Å². The van der Waals surface area contributed by atoms with Crippen molar-refractivity contribution in [3.05, 3.63) is 70.2 Å². The maximum atomic E-state index is 13.6. The molecule has 0 radical (unpaired) electrons. The molecule has 1 atom stereocenters. The van der Waals surface area contributed by atoms with Crippen molar-refractivity contribution in [1.82, 2.24) is 10.2 Å². The van der Waals surface area contributed by atoms with E-state index in [4.69, 9.17) is 23.2 Å². The maximum Gasteiger partial charge on any atom is 0.265 e. The van der Waals surface area contributed by atoms with Crippen molar-refractivity contribution in [2.75, 3.05) is 10.8 Å². The fraction of sp³-hybridized carbons (Fsp3) is 0.357. The standard InChI is InChI=1S/C28H31Cl2N3O4S/c1-4-23(28(35)31-18(2)3)32(17-20-13-14-21(29)16-22(20)30)26(34)12-7-15-33-24-10-5-8-19-9-6-11-25(27(19)24)38(33,36)37/h5-6,8-11,13-14,16,18,23H,4,7,12,15,17H2,1-3H3,(H,31,35)/t23-/m1/s1. The summed E-state index contributed by atoms with van der Waals surface area (Å²) in [5.41, 5.74) is 1.29. The lowest BCUT2D eigenvalue weighted by Crippen LogP contribution is -2.50. The highest BCUT2D eigenvalue weighted by atomic mass is 35.5. The number of hydrogen-bond acceptors (Lipinski definition) is 4. The third-order valence-electron chi connectivity index (χ3n) is 6.61. The third-order valence-corrected chi connectivity index (χ3v) is 9.05. The van der Waals surface area contributed by atoms with Crippen molar-refractivity contribution >= 4 is 61.5 Å². The van der Waals surface area contributed by atoms with Gasteiger partial charge in [0.2, 0.25) is 11.8 Å². The minimum absolute atomic E-state index is 0.0645. The first kappa shape index (κ1) is 28.2. The molecule has 0 unspecified atom stereocenters. The lowest BCUT2D eigenvalue weighted by atomic mass is 10.1. The molecule has 1 heterocycles. The minimum Gasteiger partial charge on any atom is -0.352 e. The second-order valence-corrected chi connectivity index (χ2v) is 12.3. The molecule has 1 aliphatic heterocycles. The van der Waals surface area contributed by atoms with Gasteiger partial charge in [0.15, 0.2) is 0 Å². The molecule has 3 aromatic rings. The molecular formula is C28H31Cl2N3O4S. The average Bonchev–Trinajstić information content (AvgIpc) is 3.08. The van der Waals surface area contributed by atoms with Gasteiger partial charge in [0.25, 0.3) is 10.0 Å². The molecule has 7 nitrogen and oxygen atoms in total. The van der Waals surface area contributed by atoms with Gasteiger partial charge in [-0.25, -0.2) is 8.42 Å². The van der Waals surface area contributed by atoms with Gasteiger partial charge in [-0.15, -0.1) is 0 Å². The van der Waals surface area contributed by atoms with Crippen LogP contribution in [0.2, 0.25) is 10.0 Å². The summed E-state index contributed by atoms with van der Waals surface area (Å²) in [5, 5.41) is 5.34. The maximum absolute atomic E-state index is 13.6. The van der Waals surface area contributed by atoms with Crippen LogP contribution in [0.3, 0.4) is 0 Å². The summed E-state index contributed by atoms with van der Waals surface area (Å²) in [6.45, 7) is 5.85. The molecule has 0 saturated carbocycles. The van der Waals surface area contributed by atoms with Crippen LogP contribution in [0, 0.1) is 0 Å². The van der Waals surface area contributed by atoms with Gasteiger partial charge in [0.1, 0.15) is 6.04 Å². The van der Waals surface area contributed by atoms with Crippen LogP contribution in [-0.4, -0.2) is 43.8 Å². The molecule has 0 fully saturated rings. The Kier molecular flexibility index (Phi) is 8.55. The number of amides is 2. The Morgan fingerprint density at radius 2 is 1.76 bits per heavy atom. The van der Waals surface area contributed by atoms with E-state index in [1.54, 1.807) is 36.4 Å². The van der Waals surface area contributed by atoms with E-state index in [9.17, 15) is 18.0 Å². The molecule has 1 N–H and O–H groups in total. The largest absolute Gasteiger partial charge is 0.352 e. The number of rotatable bonds is 10. The Hall–Kier alpha value is -2.81. The molecular weight excluding hydrogens is 545 g/mol. The first-order chi connectivity index (χ1) is 18.0. The Balaban J connectivity index is 1.54. The number of carbonyl (C=O) groups is 2. The van der Waals surface area contributed by atoms with Gasteiger partial charge in [0.05, 0.1) is 10.6 Å². The number of halogens is 2. The molecule has 10 heteroatoms. The predicted molar refractivity (Wildman–Crippen MR) is 152 cm³/mol. The van der Waals surface area contributed by atoms with Gasteiger partial charge >= 0.3 is 0 Å². The van der Waals surface area contributed by atoms with Gasteiger partial charge in [-0.1, -0.05) is 60.5 Å². The predicted octanol–water partition coefficient (Wildman–Crippen LogP) is 5.77. The van der Waals surface area contributed by atoms with Crippen molar-refractivity contribution in [2.45, 2.75) is 63.6 Å². The quantitative estimate of drug-likeness (QED) is 0.332. The molecule has 0 bridgehead atoms. The number of hydrogen-bond donors (Lipinski definition) is 1. The lowest BCUT2D eigenvalue weighted by Gasteiger charge is -2.31. The average molecular weight is 577 g/mol. The van der Waals surface area contributed by atoms with Crippen LogP contribution in [0.5, 0.6) is 0 Å². The highest BCUT2D eigenvalue weighted by molar-refractivity contribution is 7.93. The molecule has 2 amide bonds. The van der Waals surface area contributed by atoms with Crippen LogP contribution in [0.15, 0.2) is 59.5 Å². The number of sulfonamides is 1. The van der Waals surface area contributed by atoms with Crippen molar-refractivity contribution in [3.63, 3.8) is 0 Å². The van der Waals surface area contributed by atoms with Crippen LogP contribution in [0.4, 0.5) is 5.69 Å². The zero-order valence-electron chi connectivity index (χ0n) is 21.6. The molecule has 38 heavy (non-hydrogen) atoms. The first-order valence-corrected chi connectivity index (χ1v) is 14.8. The fourth-order valence-electron chi connectivity index (χ4n) is 4.85. The number of anilines is 1. The molecule has 0 aliphatic carbocycles. The fourth-order valence-corrected chi connectivity index (χ4v) is 7.07. The summed E-state index contributed by atoms with van der Waals surface area (Å²) in [4.78, 5) is 28.4. The molecule has 0 saturated heterocycles. The number of nitrogens with zero attached hydrogens (tertiary/aromatic N) is 2. The smallest absolute Gasteiger partial charge is 0.265 e. The summed E-state index contributed by atoms with van der Waals surface area (Å²) in [6.07, 6.45) is 0.762. The lowest BCUT2D eigenvalue weighted by molar-refractivity contribution is -0.141. The molecule has 3 aromatic carbocycles. The zero-order chi connectivity index (χ0) is 27.6. The van der Waals surface area contributed by atoms with Crippen molar-refractivity contribution < 1.29 is 18.0 Å². The van der Waals surface area contributed by atoms with Crippen LogP contribution in [0.25, 0.3) is 10.8 Å². The van der Waals surface area contributed by atoms with Gasteiger partial charge in [0, 0.05) is 41.0 Å².